The lowest BCUT2D eigenvalue weighted by Crippen LogP contribution is -2.62. The van der Waals surface area contributed by atoms with Crippen molar-refractivity contribution in [2.75, 3.05) is 20.3 Å². The van der Waals surface area contributed by atoms with Gasteiger partial charge in [-0.3, -0.25) is 4.79 Å². The molecule has 5 aliphatic rings. The van der Waals surface area contributed by atoms with Gasteiger partial charge in [-0.1, -0.05) is 19.9 Å². The topological polar surface area (TPSA) is 244 Å². The molecule has 2 aliphatic carbocycles. The Morgan fingerprint density at radius 2 is 1.65 bits per heavy atom. The maximum absolute atomic E-state index is 13.4. The van der Waals surface area contributed by atoms with Gasteiger partial charge in [-0.25, -0.2) is 4.79 Å². The number of carbonyl (C=O) groups is 2. The van der Waals surface area contributed by atoms with Crippen LogP contribution < -0.4 is 0 Å². The van der Waals surface area contributed by atoms with Crippen LogP contribution in [0.15, 0.2) is 34.7 Å². The summed E-state index contributed by atoms with van der Waals surface area (Å²) in [6.45, 7) is 2.73. The Morgan fingerprint density at radius 3 is 2.31 bits per heavy atom. The molecule has 4 heterocycles. The standard InChI is InChI=1S/C33H46O16/c1-32(16(28(41)43-3)9-21-33(2)15(29(42)49-21)5-4-6-20(32)33)10-17(14-7-8-44-12-14)46-31-27(40)25(38)23(36)19(48-31)13-45-30-26(39)24(37)22(35)18(11-34)47-30/h5,7-8,12,16-27,30-31,34-40H,4,6,9-11,13H2,1-3H3. The molecule has 274 valence electrons. The van der Waals surface area contributed by atoms with Gasteiger partial charge in [0.1, 0.15) is 54.9 Å². The van der Waals surface area contributed by atoms with E-state index in [1.54, 1.807) is 6.07 Å². The number of hydrogen-bond acceptors (Lipinski definition) is 16. The summed E-state index contributed by atoms with van der Waals surface area (Å²) >= 11 is 0. The van der Waals surface area contributed by atoms with Gasteiger partial charge < -0.3 is 68.6 Å². The molecule has 0 amide bonds. The van der Waals surface area contributed by atoms with Gasteiger partial charge in [0.05, 0.1) is 44.9 Å². The molecule has 3 aliphatic heterocycles. The summed E-state index contributed by atoms with van der Waals surface area (Å²) in [6.07, 6.45) is -10.9. The van der Waals surface area contributed by atoms with Gasteiger partial charge in [-0.15, -0.1) is 0 Å². The van der Waals surface area contributed by atoms with Crippen molar-refractivity contribution < 1.29 is 78.2 Å². The summed E-state index contributed by atoms with van der Waals surface area (Å²) < 4.78 is 39.7. The second kappa shape index (κ2) is 13.9. The van der Waals surface area contributed by atoms with E-state index in [2.05, 4.69) is 0 Å². The number of methoxy groups -OCH3 is 1. The van der Waals surface area contributed by atoms with Crippen LogP contribution in [0.4, 0.5) is 0 Å². The molecule has 0 bridgehead atoms. The van der Waals surface area contributed by atoms with Crippen LogP contribution in [0.25, 0.3) is 0 Å². The van der Waals surface area contributed by atoms with Crippen molar-refractivity contribution in [3.63, 3.8) is 0 Å². The molecule has 3 saturated heterocycles. The van der Waals surface area contributed by atoms with Gasteiger partial charge in [0.2, 0.25) is 0 Å². The highest BCUT2D eigenvalue weighted by atomic mass is 16.7. The maximum Gasteiger partial charge on any atom is 0.334 e. The summed E-state index contributed by atoms with van der Waals surface area (Å²) in [7, 11) is 1.30. The Kier molecular flexibility index (Phi) is 10.3. The van der Waals surface area contributed by atoms with Gasteiger partial charge >= 0.3 is 11.9 Å². The van der Waals surface area contributed by atoms with Gasteiger partial charge in [0.25, 0.3) is 0 Å². The summed E-state index contributed by atoms with van der Waals surface area (Å²) in [5, 5.41) is 72.7. The zero-order chi connectivity index (χ0) is 35.4. The molecule has 0 spiro atoms. The molecule has 0 aromatic carbocycles. The second-order valence-corrected chi connectivity index (χ2v) is 14.2. The molecule has 49 heavy (non-hydrogen) atoms. The minimum absolute atomic E-state index is 0.165. The molecule has 0 radical (unpaired) electrons. The average Bonchev–Trinajstić information content (AvgIpc) is 3.71. The largest absolute Gasteiger partial charge is 0.472 e. The highest BCUT2D eigenvalue weighted by Crippen LogP contribution is 2.66. The van der Waals surface area contributed by atoms with Crippen LogP contribution in [-0.4, -0.2) is 136 Å². The van der Waals surface area contributed by atoms with Gasteiger partial charge in [-0.2, -0.15) is 0 Å². The Balaban J connectivity index is 1.25. The Bertz CT molecular complexity index is 1370. The monoisotopic (exact) mass is 698 g/mol. The van der Waals surface area contributed by atoms with Crippen LogP contribution in [0, 0.1) is 22.7 Å². The molecule has 1 aromatic rings. The van der Waals surface area contributed by atoms with Gasteiger partial charge in [0.15, 0.2) is 12.6 Å². The summed E-state index contributed by atoms with van der Waals surface area (Å²) in [6, 6.07) is 1.66. The van der Waals surface area contributed by atoms with Crippen molar-refractivity contribution in [3.05, 3.63) is 35.8 Å². The number of furan rings is 1. The quantitative estimate of drug-likeness (QED) is 0.142. The van der Waals surface area contributed by atoms with E-state index in [-0.39, 0.29) is 18.8 Å². The minimum Gasteiger partial charge on any atom is -0.472 e. The van der Waals surface area contributed by atoms with Crippen LogP contribution in [0.3, 0.4) is 0 Å². The van der Waals surface area contributed by atoms with E-state index >= 15 is 0 Å². The Labute approximate surface area is 282 Å². The van der Waals surface area contributed by atoms with Crippen molar-refractivity contribution in [1.29, 1.82) is 0 Å². The molecular formula is C33H46O16. The van der Waals surface area contributed by atoms with E-state index < -0.39 is 116 Å². The second-order valence-electron chi connectivity index (χ2n) is 14.2. The van der Waals surface area contributed by atoms with Crippen LogP contribution in [-0.2, 0) is 38.0 Å². The first-order valence-electron chi connectivity index (χ1n) is 16.5. The molecule has 16 nitrogen and oxygen atoms in total. The van der Waals surface area contributed by atoms with E-state index in [0.717, 1.165) is 0 Å². The fourth-order valence-electron chi connectivity index (χ4n) is 8.77. The molecule has 16 atom stereocenters. The van der Waals surface area contributed by atoms with Crippen LogP contribution in [0.2, 0.25) is 0 Å². The minimum atomic E-state index is -1.77. The zero-order valence-corrected chi connectivity index (χ0v) is 27.4. The number of rotatable bonds is 10. The van der Waals surface area contributed by atoms with E-state index in [0.29, 0.717) is 24.0 Å². The Morgan fingerprint density at radius 1 is 0.980 bits per heavy atom. The molecule has 16 unspecified atom stereocenters. The Hall–Kier alpha value is -2.48. The average molecular weight is 699 g/mol. The summed E-state index contributed by atoms with van der Waals surface area (Å²) in [5.41, 5.74) is -0.400. The van der Waals surface area contributed by atoms with Crippen molar-refractivity contribution >= 4 is 11.9 Å². The summed E-state index contributed by atoms with van der Waals surface area (Å²) in [4.78, 5) is 26.4. The fourth-order valence-corrected chi connectivity index (χ4v) is 8.77. The van der Waals surface area contributed by atoms with E-state index in [1.165, 1.54) is 19.6 Å². The molecule has 6 rings (SSSR count). The third kappa shape index (κ3) is 6.14. The van der Waals surface area contributed by atoms with Crippen molar-refractivity contribution in [1.82, 2.24) is 0 Å². The number of allylic oxidation sites excluding steroid dienone is 1. The van der Waals surface area contributed by atoms with Gasteiger partial charge in [0, 0.05) is 16.6 Å². The smallest absolute Gasteiger partial charge is 0.334 e. The highest BCUT2D eigenvalue weighted by Gasteiger charge is 2.67. The van der Waals surface area contributed by atoms with Crippen molar-refractivity contribution in [2.45, 2.75) is 113 Å². The highest BCUT2D eigenvalue weighted by molar-refractivity contribution is 5.93. The van der Waals surface area contributed by atoms with Crippen LogP contribution in [0.1, 0.15) is 51.2 Å². The number of hydrogen-bond donors (Lipinski definition) is 7. The predicted molar refractivity (Wildman–Crippen MR) is 161 cm³/mol. The lowest BCUT2D eigenvalue weighted by Gasteiger charge is -2.57. The van der Waals surface area contributed by atoms with Crippen molar-refractivity contribution in [3.8, 4) is 0 Å². The molecule has 1 saturated carbocycles. The van der Waals surface area contributed by atoms with E-state index in [9.17, 15) is 45.3 Å². The molecule has 4 fully saturated rings. The fraction of sp³-hybridized carbons (Fsp3) is 0.758. The maximum atomic E-state index is 13.4. The molecule has 7 N–H and O–H groups in total. The van der Waals surface area contributed by atoms with E-state index in [4.69, 9.17) is 32.8 Å². The third-order valence-corrected chi connectivity index (χ3v) is 11.6. The number of aliphatic hydroxyl groups excluding tert-OH is 7. The summed E-state index contributed by atoms with van der Waals surface area (Å²) in [5.74, 6) is -1.78. The van der Waals surface area contributed by atoms with Gasteiger partial charge in [-0.05, 0) is 43.1 Å². The first kappa shape index (κ1) is 36.3. The molecular weight excluding hydrogens is 652 g/mol. The molecule has 1 aromatic heterocycles. The first-order chi connectivity index (χ1) is 23.3. The lowest BCUT2D eigenvalue weighted by molar-refractivity contribution is -0.338. The predicted octanol–water partition coefficient (Wildman–Crippen LogP) is -1.18. The molecule has 16 heteroatoms. The normalized spacial score (nSPS) is 45.6. The third-order valence-electron chi connectivity index (χ3n) is 11.6. The number of aliphatic hydroxyl groups is 7. The van der Waals surface area contributed by atoms with Crippen LogP contribution >= 0.6 is 0 Å². The van der Waals surface area contributed by atoms with Crippen LogP contribution in [0.5, 0.6) is 0 Å². The lowest BCUT2D eigenvalue weighted by atomic mass is 9.46. The number of ether oxygens (including phenoxy) is 6. The zero-order valence-electron chi connectivity index (χ0n) is 27.4. The SMILES string of the molecule is COC(=O)C1CC2OC(=O)C3=CCCC(C1(C)CC(OC1OC(COC4OC(CO)C(O)C(O)C4O)C(O)C(O)C1O)c1ccoc1)C32C. The number of carbonyl (C=O) groups excluding carboxylic acids is 2. The van der Waals surface area contributed by atoms with E-state index in [1.807, 2.05) is 19.9 Å². The van der Waals surface area contributed by atoms with Crippen molar-refractivity contribution in [2.24, 2.45) is 22.7 Å². The number of esters is 2. The first-order valence-corrected chi connectivity index (χ1v) is 16.5.